The molecule has 3 rings (SSSR count). The van der Waals surface area contributed by atoms with Gasteiger partial charge in [-0.1, -0.05) is 37.3 Å². The van der Waals surface area contributed by atoms with E-state index < -0.39 is 25.5 Å². The second kappa shape index (κ2) is 7.14. The van der Waals surface area contributed by atoms with Crippen LogP contribution in [0.3, 0.4) is 0 Å². The van der Waals surface area contributed by atoms with Crippen LogP contribution < -0.4 is 0 Å². The van der Waals surface area contributed by atoms with Gasteiger partial charge in [0.2, 0.25) is 14.2 Å². The van der Waals surface area contributed by atoms with Crippen molar-refractivity contribution >= 4 is 31.0 Å². The van der Waals surface area contributed by atoms with E-state index in [9.17, 15) is 21.2 Å². The van der Waals surface area contributed by atoms with E-state index in [-0.39, 0.29) is 20.7 Å². The highest BCUT2D eigenvalue weighted by molar-refractivity contribution is 7.93. The van der Waals surface area contributed by atoms with Crippen molar-refractivity contribution in [3.63, 3.8) is 0 Å². The van der Waals surface area contributed by atoms with Crippen LogP contribution >= 0.6 is 11.3 Å². The van der Waals surface area contributed by atoms with Gasteiger partial charge in [-0.25, -0.2) is 26.2 Å². The van der Waals surface area contributed by atoms with Crippen molar-refractivity contribution < 1.29 is 21.2 Å². The van der Waals surface area contributed by atoms with Crippen LogP contribution in [0.25, 0.3) is 21.7 Å². The van der Waals surface area contributed by atoms with E-state index in [2.05, 4.69) is 4.98 Å². The molecule has 27 heavy (non-hydrogen) atoms. The van der Waals surface area contributed by atoms with Crippen LogP contribution in [0.15, 0.2) is 57.8 Å². The Balaban J connectivity index is 2.35. The molecule has 0 saturated heterocycles. The summed E-state index contributed by atoms with van der Waals surface area (Å²) in [5.74, 6) is -0.556. The molecular formula is C18H16FNO4S3. The maximum Gasteiger partial charge on any atom is 0.210 e. The quantitative estimate of drug-likeness (QED) is 0.621. The van der Waals surface area contributed by atoms with Gasteiger partial charge in [-0.3, -0.25) is 0 Å². The van der Waals surface area contributed by atoms with Crippen molar-refractivity contribution in [2.75, 3.05) is 12.0 Å². The lowest BCUT2D eigenvalue weighted by atomic mass is 10.1. The molecule has 5 nitrogen and oxygen atoms in total. The van der Waals surface area contributed by atoms with Gasteiger partial charge in [0.1, 0.15) is 5.82 Å². The number of thiazole rings is 1. The lowest BCUT2D eigenvalue weighted by Gasteiger charge is -2.08. The summed E-state index contributed by atoms with van der Waals surface area (Å²) in [6.45, 7) is 1.51. The minimum Gasteiger partial charge on any atom is -0.224 e. The lowest BCUT2D eigenvalue weighted by molar-refractivity contribution is 0.596. The van der Waals surface area contributed by atoms with E-state index >= 15 is 0 Å². The van der Waals surface area contributed by atoms with Gasteiger partial charge >= 0.3 is 0 Å². The van der Waals surface area contributed by atoms with E-state index in [0.29, 0.717) is 16.0 Å². The van der Waals surface area contributed by atoms with Crippen molar-refractivity contribution in [1.29, 1.82) is 0 Å². The van der Waals surface area contributed by atoms with E-state index in [1.54, 1.807) is 18.2 Å². The van der Waals surface area contributed by atoms with Crippen molar-refractivity contribution in [2.45, 2.75) is 16.2 Å². The highest BCUT2D eigenvalue weighted by atomic mass is 32.2. The van der Waals surface area contributed by atoms with E-state index in [0.717, 1.165) is 17.6 Å². The summed E-state index contributed by atoms with van der Waals surface area (Å²) >= 11 is 0.948. The molecule has 0 aliphatic rings. The first kappa shape index (κ1) is 19.7. The van der Waals surface area contributed by atoms with Gasteiger partial charge in [0.05, 0.1) is 21.2 Å². The molecule has 2 aromatic carbocycles. The van der Waals surface area contributed by atoms with E-state index in [1.807, 2.05) is 0 Å². The van der Waals surface area contributed by atoms with Crippen molar-refractivity contribution in [2.24, 2.45) is 0 Å². The second-order valence-electron chi connectivity index (χ2n) is 5.84. The van der Waals surface area contributed by atoms with Crippen LogP contribution in [0.1, 0.15) is 6.92 Å². The van der Waals surface area contributed by atoms with Crippen molar-refractivity contribution in [3.05, 3.63) is 54.3 Å². The SMILES string of the molecule is CCS(=O)(=O)c1nc(-c2ccccc2S(C)(=O)=O)c(-c2ccc(F)cc2)s1. The lowest BCUT2D eigenvalue weighted by Crippen LogP contribution is -2.03. The minimum atomic E-state index is -3.59. The Kier molecular flexibility index (Phi) is 5.20. The first-order chi connectivity index (χ1) is 12.6. The van der Waals surface area contributed by atoms with Crippen molar-refractivity contribution in [1.82, 2.24) is 4.98 Å². The fourth-order valence-corrected chi connectivity index (χ4v) is 5.82. The van der Waals surface area contributed by atoms with Crippen LogP contribution in [0.2, 0.25) is 0 Å². The average Bonchev–Trinajstić information content (AvgIpc) is 3.08. The molecule has 9 heteroatoms. The Morgan fingerprint density at radius 3 is 2.22 bits per heavy atom. The number of benzene rings is 2. The molecule has 0 aliphatic carbocycles. The van der Waals surface area contributed by atoms with E-state index in [4.69, 9.17) is 0 Å². The zero-order chi connectivity index (χ0) is 19.8. The van der Waals surface area contributed by atoms with Gasteiger partial charge in [-0.05, 0) is 23.8 Å². The largest absolute Gasteiger partial charge is 0.224 e. The van der Waals surface area contributed by atoms with Crippen LogP contribution in [-0.2, 0) is 19.7 Å². The summed E-state index contributed by atoms with van der Waals surface area (Å²) in [7, 11) is -7.15. The first-order valence-corrected chi connectivity index (χ1v) is 12.3. The monoisotopic (exact) mass is 425 g/mol. The van der Waals surface area contributed by atoms with E-state index in [1.165, 1.54) is 37.3 Å². The van der Waals surface area contributed by atoms with Crippen molar-refractivity contribution in [3.8, 4) is 21.7 Å². The van der Waals surface area contributed by atoms with Gasteiger partial charge in [0.25, 0.3) is 0 Å². The second-order valence-corrected chi connectivity index (χ2v) is 11.3. The zero-order valence-corrected chi connectivity index (χ0v) is 17.0. The molecule has 0 bridgehead atoms. The molecule has 0 atom stereocenters. The predicted octanol–water partition coefficient (Wildman–Crippen LogP) is 3.81. The topological polar surface area (TPSA) is 81.2 Å². The fourth-order valence-electron chi connectivity index (χ4n) is 2.52. The molecule has 1 aromatic heterocycles. The van der Waals surface area contributed by atoms with Gasteiger partial charge < -0.3 is 0 Å². The first-order valence-electron chi connectivity index (χ1n) is 7.92. The predicted molar refractivity (Wildman–Crippen MR) is 104 cm³/mol. The molecule has 0 radical (unpaired) electrons. The summed E-state index contributed by atoms with van der Waals surface area (Å²) in [6.07, 6.45) is 1.08. The number of aromatic nitrogens is 1. The molecular weight excluding hydrogens is 409 g/mol. The number of hydrogen-bond donors (Lipinski definition) is 0. The van der Waals surface area contributed by atoms with Crippen LogP contribution in [0.5, 0.6) is 0 Å². The smallest absolute Gasteiger partial charge is 0.210 e. The fraction of sp³-hybridized carbons (Fsp3) is 0.167. The Morgan fingerprint density at radius 2 is 1.63 bits per heavy atom. The Morgan fingerprint density at radius 1 is 1.00 bits per heavy atom. The van der Waals surface area contributed by atoms with Gasteiger partial charge in [0, 0.05) is 11.8 Å². The molecule has 0 amide bonds. The minimum absolute atomic E-state index is 0.0547. The maximum absolute atomic E-state index is 13.3. The third kappa shape index (κ3) is 3.95. The average molecular weight is 426 g/mol. The number of halogens is 1. The standard InChI is InChI=1S/C18H16FNO4S3/c1-3-27(23,24)18-20-16(14-6-4-5-7-15(14)26(2,21)22)17(25-18)12-8-10-13(19)11-9-12/h4-11H,3H2,1-2H3. The zero-order valence-electron chi connectivity index (χ0n) is 14.5. The van der Waals surface area contributed by atoms with Gasteiger partial charge in [0.15, 0.2) is 9.84 Å². The molecule has 1 heterocycles. The molecule has 3 aromatic rings. The third-order valence-corrected chi connectivity index (χ3v) is 8.35. The summed E-state index contributed by atoms with van der Waals surface area (Å²) in [6, 6.07) is 11.8. The number of hydrogen-bond acceptors (Lipinski definition) is 6. The molecule has 0 aliphatic heterocycles. The molecule has 0 unspecified atom stereocenters. The molecule has 0 saturated carbocycles. The summed E-state index contributed by atoms with van der Waals surface area (Å²) in [5, 5.41) is 0. The Bertz CT molecular complexity index is 1200. The van der Waals surface area contributed by atoms with Gasteiger partial charge in [-0.15, -0.1) is 11.3 Å². The normalized spacial score (nSPS) is 12.3. The van der Waals surface area contributed by atoms with Crippen LogP contribution in [0.4, 0.5) is 4.39 Å². The summed E-state index contributed by atoms with van der Waals surface area (Å²) < 4.78 is 62.3. The van der Waals surface area contributed by atoms with Crippen LogP contribution in [-0.4, -0.2) is 33.8 Å². The third-order valence-electron chi connectivity index (χ3n) is 3.90. The highest BCUT2D eigenvalue weighted by Crippen LogP contribution is 2.40. The Hall–Kier alpha value is -2.10. The number of sulfone groups is 2. The highest BCUT2D eigenvalue weighted by Gasteiger charge is 2.25. The van der Waals surface area contributed by atoms with Gasteiger partial charge in [-0.2, -0.15) is 0 Å². The van der Waals surface area contributed by atoms with Crippen LogP contribution in [0, 0.1) is 5.82 Å². The number of rotatable bonds is 5. The summed E-state index contributed by atoms with van der Waals surface area (Å²) in [4.78, 5) is 4.79. The molecule has 0 spiro atoms. The Labute approximate surface area is 161 Å². The maximum atomic E-state index is 13.3. The molecule has 142 valence electrons. The number of nitrogens with zero attached hydrogens (tertiary/aromatic N) is 1. The molecule has 0 fully saturated rings. The summed E-state index contributed by atoms with van der Waals surface area (Å²) in [5.41, 5.74) is 1.12. The molecule has 0 N–H and O–H groups in total.